The Morgan fingerprint density at radius 3 is 2.67 bits per heavy atom. The fraction of sp³-hybridized carbons (Fsp3) is 0.240. The molecule has 1 aliphatic heterocycles. The highest BCUT2D eigenvalue weighted by atomic mass is 35.5. The van der Waals surface area contributed by atoms with Gasteiger partial charge in [-0.3, -0.25) is 0 Å². The van der Waals surface area contributed by atoms with Gasteiger partial charge >= 0.3 is 0 Å². The summed E-state index contributed by atoms with van der Waals surface area (Å²) in [6, 6.07) is 19.1. The summed E-state index contributed by atoms with van der Waals surface area (Å²) in [6.45, 7) is 2.65. The molecule has 3 nitrogen and oxygen atoms in total. The zero-order chi connectivity index (χ0) is 19.4. The highest BCUT2D eigenvalue weighted by Crippen LogP contribution is 2.44. The van der Waals surface area contributed by atoms with Crippen molar-refractivity contribution in [1.82, 2.24) is 4.98 Å². The summed E-state index contributed by atoms with van der Waals surface area (Å²) in [5, 5.41) is 1.35. The molecule has 1 aliphatic carbocycles. The van der Waals surface area contributed by atoms with Crippen molar-refractivity contribution in [3.8, 4) is 33.9 Å². The Labute approximate surface area is 186 Å². The minimum Gasteiger partial charge on any atom is -0.454 e. The van der Waals surface area contributed by atoms with Crippen LogP contribution >= 0.6 is 23.7 Å². The number of nitrogens with zero attached hydrogens (tertiary/aromatic N) is 1. The summed E-state index contributed by atoms with van der Waals surface area (Å²) in [7, 11) is 0. The number of fused-ring (bicyclic) bond motifs is 4. The van der Waals surface area contributed by atoms with E-state index in [0.717, 1.165) is 39.9 Å². The van der Waals surface area contributed by atoms with Gasteiger partial charge in [-0.1, -0.05) is 37.3 Å². The maximum Gasteiger partial charge on any atom is 0.231 e. The topological polar surface area (TPSA) is 31.4 Å². The quantitative estimate of drug-likeness (QED) is 0.343. The van der Waals surface area contributed by atoms with Crippen molar-refractivity contribution >= 4 is 34.0 Å². The van der Waals surface area contributed by atoms with Crippen LogP contribution in [0.3, 0.4) is 0 Å². The Balaban J connectivity index is 0.00000193. The lowest BCUT2D eigenvalue weighted by Gasteiger charge is -2.18. The molecule has 152 valence electrons. The molecule has 5 heteroatoms. The van der Waals surface area contributed by atoms with E-state index in [0.29, 0.717) is 0 Å². The molecule has 30 heavy (non-hydrogen) atoms. The molecular weight excluding hydrogens is 414 g/mol. The molecule has 6 rings (SSSR count). The molecule has 0 amide bonds. The van der Waals surface area contributed by atoms with Gasteiger partial charge in [-0.25, -0.2) is 4.98 Å². The van der Waals surface area contributed by atoms with E-state index in [9.17, 15) is 0 Å². The first-order chi connectivity index (χ1) is 14.3. The number of hydrogen-bond donors (Lipinski definition) is 0. The van der Waals surface area contributed by atoms with Crippen molar-refractivity contribution in [1.29, 1.82) is 0 Å². The van der Waals surface area contributed by atoms with Crippen LogP contribution in [0.4, 0.5) is 0 Å². The van der Waals surface area contributed by atoms with Crippen LogP contribution in [0.1, 0.15) is 23.8 Å². The zero-order valence-corrected chi connectivity index (χ0v) is 18.3. The highest BCUT2D eigenvalue weighted by molar-refractivity contribution is 7.19. The van der Waals surface area contributed by atoms with Gasteiger partial charge in [0.1, 0.15) is 4.83 Å². The van der Waals surface area contributed by atoms with Crippen molar-refractivity contribution in [2.24, 2.45) is 5.92 Å². The molecule has 1 unspecified atom stereocenters. The lowest BCUT2D eigenvalue weighted by Crippen LogP contribution is -2.08. The number of aryl methyl sites for hydroxylation is 1. The molecule has 3 heterocycles. The molecule has 2 aliphatic rings. The Bertz CT molecular complexity index is 1240. The molecule has 1 atom stereocenters. The van der Waals surface area contributed by atoms with Gasteiger partial charge in [0.15, 0.2) is 11.5 Å². The van der Waals surface area contributed by atoms with Crippen LogP contribution in [0, 0.1) is 5.92 Å². The van der Waals surface area contributed by atoms with Crippen LogP contribution in [-0.4, -0.2) is 11.8 Å². The average molecular weight is 436 g/mol. The third-order valence-electron chi connectivity index (χ3n) is 6.02. The van der Waals surface area contributed by atoms with Gasteiger partial charge in [0, 0.05) is 15.8 Å². The maximum absolute atomic E-state index is 5.59. The Morgan fingerprint density at radius 1 is 0.967 bits per heavy atom. The number of ether oxygens (including phenoxy) is 2. The number of rotatable bonds is 2. The first-order valence-electron chi connectivity index (χ1n) is 10.2. The second-order valence-corrected chi connectivity index (χ2v) is 9.10. The molecule has 2 aromatic carbocycles. The van der Waals surface area contributed by atoms with E-state index < -0.39 is 0 Å². The Kier molecular flexibility index (Phi) is 4.92. The van der Waals surface area contributed by atoms with Crippen LogP contribution in [0.2, 0.25) is 0 Å². The predicted octanol–water partition coefficient (Wildman–Crippen LogP) is 6.91. The average Bonchev–Trinajstić information content (AvgIpc) is 3.36. The number of pyridine rings is 1. The monoisotopic (exact) mass is 435 g/mol. The number of thiophene rings is 1. The minimum absolute atomic E-state index is 0. The molecule has 0 fully saturated rings. The zero-order valence-electron chi connectivity index (χ0n) is 16.7. The van der Waals surface area contributed by atoms with E-state index in [2.05, 4.69) is 49.4 Å². The van der Waals surface area contributed by atoms with Gasteiger partial charge in [-0.05, 0) is 66.1 Å². The third kappa shape index (κ3) is 3.15. The van der Waals surface area contributed by atoms with Crippen molar-refractivity contribution in [3.63, 3.8) is 0 Å². The van der Waals surface area contributed by atoms with Gasteiger partial charge in [0.05, 0.1) is 5.69 Å². The molecule has 0 saturated heterocycles. The van der Waals surface area contributed by atoms with Crippen molar-refractivity contribution in [2.45, 2.75) is 26.2 Å². The SMILES string of the molecule is CC1CCc2c(sc3nc(-c4ccc5c(c4)OCO5)cc(-c4ccccc4)c23)C1.Cl. The van der Waals surface area contributed by atoms with Gasteiger partial charge in [-0.2, -0.15) is 0 Å². The Hall–Kier alpha value is -2.56. The lowest BCUT2D eigenvalue weighted by molar-refractivity contribution is 0.174. The predicted molar refractivity (Wildman–Crippen MR) is 125 cm³/mol. The molecule has 0 radical (unpaired) electrons. The van der Waals surface area contributed by atoms with Crippen molar-refractivity contribution in [2.75, 3.05) is 6.79 Å². The number of benzene rings is 2. The fourth-order valence-electron chi connectivity index (χ4n) is 4.49. The number of halogens is 1. The molecule has 0 N–H and O–H groups in total. The lowest BCUT2D eigenvalue weighted by atomic mass is 9.87. The molecule has 0 saturated carbocycles. The first kappa shape index (κ1) is 19.4. The molecule has 4 aromatic rings. The van der Waals surface area contributed by atoms with Crippen LogP contribution in [-0.2, 0) is 12.8 Å². The fourth-order valence-corrected chi connectivity index (χ4v) is 5.90. The standard InChI is InChI=1S/C25H21NO2S.ClH/c1-15-7-9-18-23(11-15)29-25-24(18)19(16-5-3-2-4-6-16)13-20(26-25)17-8-10-21-22(12-17)28-14-27-21;/h2-6,8,10,12-13,15H,7,9,11,14H2,1H3;1H. The van der Waals surface area contributed by atoms with E-state index in [1.165, 1.54) is 39.8 Å². The summed E-state index contributed by atoms with van der Waals surface area (Å²) < 4.78 is 11.1. The third-order valence-corrected chi connectivity index (χ3v) is 7.17. The maximum atomic E-state index is 5.59. The molecular formula is C25H22ClNO2S. The van der Waals surface area contributed by atoms with E-state index in [4.69, 9.17) is 14.5 Å². The first-order valence-corrected chi connectivity index (χ1v) is 11.0. The van der Waals surface area contributed by atoms with E-state index >= 15 is 0 Å². The normalized spacial score (nSPS) is 16.9. The Morgan fingerprint density at radius 2 is 1.80 bits per heavy atom. The summed E-state index contributed by atoms with van der Waals surface area (Å²) in [6.07, 6.45) is 3.59. The molecule has 0 bridgehead atoms. The largest absolute Gasteiger partial charge is 0.454 e. The number of aromatic nitrogens is 1. The second kappa shape index (κ2) is 7.60. The summed E-state index contributed by atoms with van der Waals surface area (Å²) >= 11 is 1.88. The van der Waals surface area contributed by atoms with Gasteiger partial charge in [-0.15, -0.1) is 23.7 Å². The summed E-state index contributed by atoms with van der Waals surface area (Å²) in [5.41, 5.74) is 6.11. The van der Waals surface area contributed by atoms with Crippen LogP contribution in [0.15, 0.2) is 54.6 Å². The van der Waals surface area contributed by atoms with Crippen molar-refractivity contribution < 1.29 is 9.47 Å². The smallest absolute Gasteiger partial charge is 0.231 e. The minimum atomic E-state index is 0. The van der Waals surface area contributed by atoms with E-state index in [-0.39, 0.29) is 19.2 Å². The van der Waals surface area contributed by atoms with Crippen LogP contribution in [0.5, 0.6) is 11.5 Å². The van der Waals surface area contributed by atoms with Crippen molar-refractivity contribution in [3.05, 3.63) is 65.0 Å². The summed E-state index contributed by atoms with van der Waals surface area (Å²) in [5.74, 6) is 2.35. The second-order valence-electron chi connectivity index (χ2n) is 8.02. The highest BCUT2D eigenvalue weighted by Gasteiger charge is 2.24. The molecule has 2 aromatic heterocycles. The van der Waals surface area contributed by atoms with Gasteiger partial charge in [0.25, 0.3) is 0 Å². The van der Waals surface area contributed by atoms with Gasteiger partial charge in [0.2, 0.25) is 6.79 Å². The number of hydrogen-bond acceptors (Lipinski definition) is 4. The van der Waals surface area contributed by atoms with E-state index in [1.807, 2.05) is 23.5 Å². The van der Waals surface area contributed by atoms with Crippen LogP contribution in [0.25, 0.3) is 32.6 Å². The summed E-state index contributed by atoms with van der Waals surface area (Å²) in [4.78, 5) is 7.78. The van der Waals surface area contributed by atoms with Gasteiger partial charge < -0.3 is 9.47 Å². The van der Waals surface area contributed by atoms with Crippen LogP contribution < -0.4 is 9.47 Å². The molecule has 0 spiro atoms. The van der Waals surface area contributed by atoms with E-state index in [1.54, 1.807) is 0 Å².